The van der Waals surface area contributed by atoms with E-state index < -0.39 is 5.63 Å². The van der Waals surface area contributed by atoms with E-state index in [0.29, 0.717) is 28.7 Å². The zero-order valence-electron chi connectivity index (χ0n) is 16.7. The maximum absolute atomic E-state index is 12.7. The molecule has 2 heterocycles. The highest BCUT2D eigenvalue weighted by atomic mass is 16.6. The Bertz CT molecular complexity index is 1050. The Morgan fingerprint density at radius 2 is 1.93 bits per heavy atom. The normalized spacial score (nSPS) is 21.0. The first-order valence-corrected chi connectivity index (χ1v) is 10.9. The third kappa shape index (κ3) is 4.00. The van der Waals surface area contributed by atoms with Crippen LogP contribution in [0.4, 0.5) is 0 Å². The van der Waals surface area contributed by atoms with Crippen molar-refractivity contribution >= 4 is 16.8 Å². The molecule has 0 unspecified atom stereocenters. The van der Waals surface area contributed by atoms with Gasteiger partial charge in [-0.1, -0.05) is 30.8 Å². The molecule has 0 bridgehead atoms. The summed E-state index contributed by atoms with van der Waals surface area (Å²) >= 11 is 0. The average molecular weight is 397 g/mol. The van der Waals surface area contributed by atoms with E-state index in [0.717, 1.165) is 37.8 Å². The summed E-state index contributed by atoms with van der Waals surface area (Å²) in [6, 6.07) is 1.39. The second-order valence-corrected chi connectivity index (χ2v) is 9.08. The lowest BCUT2D eigenvalue weighted by atomic mass is 9.85. The van der Waals surface area contributed by atoms with Gasteiger partial charge in [0, 0.05) is 6.07 Å². The zero-order valence-corrected chi connectivity index (χ0v) is 16.7. The van der Waals surface area contributed by atoms with Gasteiger partial charge >= 0.3 is 11.6 Å². The van der Waals surface area contributed by atoms with Crippen LogP contribution in [0.1, 0.15) is 76.2 Å². The first-order valence-electron chi connectivity index (χ1n) is 10.9. The van der Waals surface area contributed by atoms with Gasteiger partial charge in [-0.3, -0.25) is 9.78 Å². The molecule has 3 aliphatic rings. The second-order valence-electron chi connectivity index (χ2n) is 9.08. The number of aryl methyl sites for hydroxylation is 1. The third-order valence-electron chi connectivity index (χ3n) is 7.08. The summed E-state index contributed by atoms with van der Waals surface area (Å²) in [5.74, 6) is 0.674. The van der Waals surface area contributed by atoms with Crippen molar-refractivity contribution in [1.29, 1.82) is 0 Å². The lowest BCUT2D eigenvalue weighted by molar-refractivity contribution is 0.302. The number of hydrogen-bond donors (Lipinski definition) is 1. The Kier molecular flexibility index (Phi) is 4.76. The predicted octanol–water partition coefficient (Wildman–Crippen LogP) is 4.09. The lowest BCUT2D eigenvalue weighted by Gasteiger charge is -2.21. The maximum Gasteiger partial charge on any atom is 0.337 e. The zero-order chi connectivity index (χ0) is 19.8. The summed E-state index contributed by atoms with van der Waals surface area (Å²) in [6.07, 6.45) is 13.5. The van der Waals surface area contributed by atoms with Gasteiger partial charge in [0.05, 0.1) is 5.71 Å². The highest BCUT2D eigenvalue weighted by Crippen LogP contribution is 2.55. The molecule has 5 rings (SSSR count). The van der Waals surface area contributed by atoms with Crippen LogP contribution in [0.5, 0.6) is 6.01 Å². The Balaban J connectivity index is 1.36. The van der Waals surface area contributed by atoms with Crippen LogP contribution >= 0.6 is 0 Å². The van der Waals surface area contributed by atoms with Crippen molar-refractivity contribution in [2.24, 2.45) is 16.5 Å². The Labute approximate surface area is 168 Å². The fourth-order valence-electron chi connectivity index (χ4n) is 4.97. The first-order chi connectivity index (χ1) is 14.1. The van der Waals surface area contributed by atoms with E-state index in [2.05, 4.69) is 15.1 Å². The number of hydrogen-bond acceptors (Lipinski definition) is 6. The molecule has 3 saturated carbocycles. The van der Waals surface area contributed by atoms with Gasteiger partial charge in [0.2, 0.25) is 5.71 Å². The molecule has 2 aromatic rings. The summed E-state index contributed by atoms with van der Waals surface area (Å²) in [5, 5.41) is 4.54. The molecule has 2 aromatic heterocycles. The summed E-state index contributed by atoms with van der Waals surface area (Å²) in [4.78, 5) is 37.0. The summed E-state index contributed by atoms with van der Waals surface area (Å²) in [6.45, 7) is 0. The van der Waals surface area contributed by atoms with Crippen molar-refractivity contribution in [3.8, 4) is 6.01 Å². The Hall–Kier alpha value is -2.44. The van der Waals surface area contributed by atoms with Crippen LogP contribution in [0.3, 0.4) is 0 Å². The van der Waals surface area contributed by atoms with Gasteiger partial charge < -0.3 is 9.25 Å². The van der Waals surface area contributed by atoms with E-state index in [1.54, 1.807) is 0 Å². The van der Waals surface area contributed by atoms with Crippen LogP contribution < -0.4 is 16.0 Å². The van der Waals surface area contributed by atoms with Crippen molar-refractivity contribution in [3.05, 3.63) is 32.4 Å². The molecule has 154 valence electrons. The second kappa shape index (κ2) is 7.43. The molecule has 0 aliphatic heterocycles. The molecule has 0 atom stereocenters. The molecule has 7 nitrogen and oxygen atoms in total. The van der Waals surface area contributed by atoms with Crippen LogP contribution in [-0.2, 0) is 6.42 Å². The number of aromatic nitrogens is 2. The highest BCUT2D eigenvalue weighted by Gasteiger charge is 2.44. The third-order valence-corrected chi connectivity index (χ3v) is 7.08. The average Bonchev–Trinajstić information content (AvgIpc) is 3.24. The molecule has 0 amide bonds. The number of H-pyrrole nitrogens is 1. The minimum absolute atomic E-state index is 0.0263. The van der Waals surface area contributed by atoms with E-state index in [1.165, 1.54) is 44.6 Å². The number of oxime groups is 1. The molecular formula is C22H27N3O4. The fourth-order valence-corrected chi connectivity index (χ4v) is 4.97. The standard InChI is InChI=1S/C22H27N3O4/c26-17-13-15(6-5-14-3-1-2-4-14)18-19(27)23-21(24-20(18)28-17)29-25-16-7-9-22(10-8-16)11-12-22/h13-14H,1-12H2,(H,23,24,27). The summed E-state index contributed by atoms with van der Waals surface area (Å²) < 4.78 is 5.21. The van der Waals surface area contributed by atoms with Crippen LogP contribution in [0, 0.1) is 11.3 Å². The Morgan fingerprint density at radius 3 is 2.66 bits per heavy atom. The highest BCUT2D eigenvalue weighted by molar-refractivity contribution is 5.85. The smallest absolute Gasteiger partial charge is 0.337 e. The van der Waals surface area contributed by atoms with E-state index in [9.17, 15) is 9.59 Å². The molecular weight excluding hydrogens is 370 g/mol. The Morgan fingerprint density at radius 1 is 1.17 bits per heavy atom. The molecule has 1 spiro atoms. The van der Waals surface area contributed by atoms with E-state index >= 15 is 0 Å². The largest absolute Gasteiger partial charge is 0.403 e. The molecule has 3 aliphatic carbocycles. The number of rotatable bonds is 5. The topological polar surface area (TPSA) is 97.5 Å². The SMILES string of the molecule is O=c1cc(CCC2CCCC2)c2c(=O)[nH]c(ON=C3CCC4(CC3)CC4)nc2o1. The van der Waals surface area contributed by atoms with Crippen molar-refractivity contribution in [1.82, 2.24) is 9.97 Å². The molecule has 1 N–H and O–H groups in total. The number of fused-ring (bicyclic) bond motifs is 1. The van der Waals surface area contributed by atoms with Gasteiger partial charge in [-0.25, -0.2) is 4.79 Å². The number of nitrogens with one attached hydrogen (secondary N) is 1. The number of aromatic amines is 1. The van der Waals surface area contributed by atoms with Crippen LogP contribution in [0.2, 0.25) is 0 Å². The molecule has 29 heavy (non-hydrogen) atoms. The van der Waals surface area contributed by atoms with Crippen molar-refractivity contribution in [3.63, 3.8) is 0 Å². The van der Waals surface area contributed by atoms with Gasteiger partial charge in [-0.2, -0.15) is 4.98 Å². The quantitative estimate of drug-likeness (QED) is 0.767. The van der Waals surface area contributed by atoms with Crippen molar-refractivity contribution in [2.45, 2.75) is 77.0 Å². The maximum atomic E-state index is 12.7. The van der Waals surface area contributed by atoms with Crippen LogP contribution in [-0.4, -0.2) is 15.7 Å². The predicted molar refractivity (Wildman–Crippen MR) is 109 cm³/mol. The summed E-state index contributed by atoms with van der Waals surface area (Å²) in [7, 11) is 0. The molecule has 3 fully saturated rings. The van der Waals surface area contributed by atoms with Crippen molar-refractivity contribution in [2.75, 3.05) is 0 Å². The van der Waals surface area contributed by atoms with E-state index in [4.69, 9.17) is 9.25 Å². The lowest BCUT2D eigenvalue weighted by Crippen LogP contribution is -2.17. The fraction of sp³-hybridized carbons (Fsp3) is 0.636. The monoisotopic (exact) mass is 397 g/mol. The van der Waals surface area contributed by atoms with Crippen LogP contribution in [0.25, 0.3) is 11.1 Å². The van der Waals surface area contributed by atoms with Crippen LogP contribution in [0.15, 0.2) is 25.2 Å². The first kappa shape index (κ1) is 18.6. The minimum Gasteiger partial charge on any atom is -0.403 e. The van der Waals surface area contributed by atoms with E-state index in [-0.39, 0.29) is 17.3 Å². The molecule has 0 aromatic carbocycles. The molecule has 0 saturated heterocycles. The summed E-state index contributed by atoms with van der Waals surface area (Å²) in [5.41, 5.74) is 1.46. The molecule has 0 radical (unpaired) electrons. The van der Waals surface area contributed by atoms with Gasteiger partial charge in [-0.05, 0) is 68.3 Å². The number of nitrogens with zero attached hydrogens (tertiary/aromatic N) is 2. The minimum atomic E-state index is -0.490. The van der Waals surface area contributed by atoms with Gasteiger partial charge in [0.25, 0.3) is 5.56 Å². The van der Waals surface area contributed by atoms with Gasteiger partial charge in [-0.15, -0.1) is 0 Å². The molecule has 7 heteroatoms. The van der Waals surface area contributed by atoms with Gasteiger partial charge in [0.1, 0.15) is 5.39 Å². The van der Waals surface area contributed by atoms with Crippen molar-refractivity contribution < 1.29 is 9.25 Å². The van der Waals surface area contributed by atoms with E-state index in [1.807, 2.05) is 0 Å². The van der Waals surface area contributed by atoms with Gasteiger partial charge in [0.15, 0.2) is 0 Å².